The molecular formula is C14H17N3O. The molecule has 0 aromatic heterocycles. The summed E-state index contributed by atoms with van der Waals surface area (Å²) >= 11 is 0. The number of likely N-dealkylation sites (tertiary alicyclic amines) is 1. The normalized spacial score (nSPS) is 19.0. The van der Waals surface area contributed by atoms with E-state index in [1.54, 1.807) is 24.3 Å². The summed E-state index contributed by atoms with van der Waals surface area (Å²) in [7, 11) is 4.07. The second kappa shape index (κ2) is 5.19. The quantitative estimate of drug-likeness (QED) is 0.787. The first kappa shape index (κ1) is 12.6. The molecule has 0 saturated carbocycles. The summed E-state index contributed by atoms with van der Waals surface area (Å²) < 4.78 is 0. The second-order valence-corrected chi connectivity index (χ2v) is 4.85. The van der Waals surface area contributed by atoms with Crippen LogP contribution in [0.15, 0.2) is 24.3 Å². The second-order valence-electron chi connectivity index (χ2n) is 4.85. The lowest BCUT2D eigenvalue weighted by atomic mass is 10.1. The maximum Gasteiger partial charge on any atom is 0.253 e. The van der Waals surface area contributed by atoms with Crippen molar-refractivity contribution in [1.82, 2.24) is 9.80 Å². The van der Waals surface area contributed by atoms with Gasteiger partial charge in [0.15, 0.2) is 0 Å². The minimum atomic E-state index is 0.0245. The number of carbonyl (C=O) groups excluding carboxylic acids is 1. The van der Waals surface area contributed by atoms with Gasteiger partial charge >= 0.3 is 0 Å². The number of hydrogen-bond donors (Lipinski definition) is 0. The molecule has 0 aliphatic carbocycles. The Labute approximate surface area is 107 Å². The van der Waals surface area contributed by atoms with Crippen LogP contribution in [0.1, 0.15) is 22.3 Å². The van der Waals surface area contributed by atoms with Gasteiger partial charge in [-0.25, -0.2) is 0 Å². The zero-order valence-corrected chi connectivity index (χ0v) is 10.8. The van der Waals surface area contributed by atoms with Gasteiger partial charge in [-0.1, -0.05) is 6.07 Å². The number of nitriles is 1. The summed E-state index contributed by atoms with van der Waals surface area (Å²) in [6.07, 6.45) is 1.01. The van der Waals surface area contributed by atoms with Crippen molar-refractivity contribution in [3.8, 4) is 6.07 Å². The van der Waals surface area contributed by atoms with Crippen LogP contribution in [0.3, 0.4) is 0 Å². The summed E-state index contributed by atoms with van der Waals surface area (Å²) in [5.41, 5.74) is 1.14. The molecule has 18 heavy (non-hydrogen) atoms. The molecule has 4 heteroatoms. The van der Waals surface area contributed by atoms with Gasteiger partial charge in [0.1, 0.15) is 0 Å². The van der Waals surface area contributed by atoms with E-state index >= 15 is 0 Å². The Hall–Kier alpha value is -1.86. The molecule has 4 nitrogen and oxygen atoms in total. The number of benzene rings is 1. The van der Waals surface area contributed by atoms with Gasteiger partial charge in [0.25, 0.3) is 5.91 Å². The number of rotatable bonds is 2. The van der Waals surface area contributed by atoms with E-state index in [1.165, 1.54) is 0 Å². The van der Waals surface area contributed by atoms with Gasteiger partial charge in [-0.2, -0.15) is 5.26 Å². The highest BCUT2D eigenvalue weighted by atomic mass is 16.2. The molecule has 1 saturated heterocycles. The van der Waals surface area contributed by atoms with Gasteiger partial charge in [0.2, 0.25) is 0 Å². The first-order chi connectivity index (χ1) is 8.61. The van der Waals surface area contributed by atoms with E-state index in [1.807, 2.05) is 19.0 Å². The minimum Gasteiger partial charge on any atom is -0.337 e. The SMILES string of the molecule is CN(C)C1CCN(C(=O)c2cccc(C#N)c2)C1. The Kier molecular flexibility index (Phi) is 3.63. The summed E-state index contributed by atoms with van der Waals surface area (Å²) in [5.74, 6) is 0.0245. The van der Waals surface area contributed by atoms with E-state index < -0.39 is 0 Å². The standard InChI is InChI=1S/C14H17N3O/c1-16(2)13-6-7-17(10-13)14(18)12-5-3-4-11(8-12)9-15/h3-5,8,13H,6-7,10H2,1-2H3. The molecule has 2 rings (SSSR count). The Morgan fingerprint density at radius 3 is 2.89 bits per heavy atom. The molecule has 94 valence electrons. The van der Waals surface area contributed by atoms with E-state index in [9.17, 15) is 4.79 Å². The number of carbonyl (C=O) groups is 1. The van der Waals surface area contributed by atoms with E-state index in [0.717, 1.165) is 19.5 Å². The van der Waals surface area contributed by atoms with Crippen LogP contribution in [0.5, 0.6) is 0 Å². The smallest absolute Gasteiger partial charge is 0.253 e. The van der Waals surface area contributed by atoms with Crippen molar-refractivity contribution in [2.24, 2.45) is 0 Å². The summed E-state index contributed by atoms with van der Waals surface area (Å²) in [5, 5.41) is 8.84. The van der Waals surface area contributed by atoms with Crippen LogP contribution in [0.4, 0.5) is 0 Å². The average Bonchev–Trinajstić information content (AvgIpc) is 2.87. The van der Waals surface area contributed by atoms with Gasteiger partial charge in [-0.3, -0.25) is 4.79 Å². The Bertz CT molecular complexity index is 490. The molecule has 1 aliphatic heterocycles. The summed E-state index contributed by atoms with van der Waals surface area (Å²) in [4.78, 5) is 16.3. The number of likely N-dealkylation sites (N-methyl/N-ethyl adjacent to an activating group) is 1. The fourth-order valence-electron chi connectivity index (χ4n) is 2.25. The van der Waals surface area contributed by atoms with Crippen molar-refractivity contribution < 1.29 is 4.79 Å². The highest BCUT2D eigenvalue weighted by molar-refractivity contribution is 5.94. The van der Waals surface area contributed by atoms with Crippen molar-refractivity contribution in [1.29, 1.82) is 5.26 Å². The highest BCUT2D eigenvalue weighted by Crippen LogP contribution is 2.16. The Morgan fingerprint density at radius 1 is 1.50 bits per heavy atom. The lowest BCUT2D eigenvalue weighted by Crippen LogP contribution is -2.34. The monoisotopic (exact) mass is 243 g/mol. The average molecular weight is 243 g/mol. The third-order valence-corrected chi connectivity index (χ3v) is 3.42. The van der Waals surface area contributed by atoms with E-state index in [-0.39, 0.29) is 5.91 Å². The van der Waals surface area contributed by atoms with E-state index in [2.05, 4.69) is 11.0 Å². The van der Waals surface area contributed by atoms with E-state index in [4.69, 9.17) is 5.26 Å². The Balaban J connectivity index is 2.11. The van der Waals surface area contributed by atoms with Gasteiger partial charge in [0.05, 0.1) is 11.6 Å². The van der Waals surface area contributed by atoms with Gasteiger partial charge in [0, 0.05) is 24.7 Å². The molecule has 0 spiro atoms. The lowest BCUT2D eigenvalue weighted by molar-refractivity contribution is 0.0783. The van der Waals surface area contributed by atoms with Crippen LogP contribution < -0.4 is 0 Å². The van der Waals surface area contributed by atoms with Gasteiger partial charge < -0.3 is 9.80 Å². The zero-order chi connectivity index (χ0) is 13.1. The molecule has 1 fully saturated rings. The van der Waals surface area contributed by atoms with Crippen LogP contribution in [-0.4, -0.2) is 48.9 Å². The zero-order valence-electron chi connectivity index (χ0n) is 10.8. The molecule has 0 bridgehead atoms. The third-order valence-electron chi connectivity index (χ3n) is 3.42. The summed E-state index contributed by atoms with van der Waals surface area (Å²) in [6, 6.07) is 9.39. The minimum absolute atomic E-state index is 0.0245. The number of nitrogens with zero attached hydrogens (tertiary/aromatic N) is 3. The first-order valence-corrected chi connectivity index (χ1v) is 6.07. The molecule has 0 N–H and O–H groups in total. The highest BCUT2D eigenvalue weighted by Gasteiger charge is 2.27. The molecule has 1 aliphatic rings. The maximum atomic E-state index is 12.3. The van der Waals surface area contributed by atoms with Crippen LogP contribution in [0.2, 0.25) is 0 Å². The molecule has 1 amide bonds. The largest absolute Gasteiger partial charge is 0.337 e. The Morgan fingerprint density at radius 2 is 2.28 bits per heavy atom. The molecule has 1 heterocycles. The van der Waals surface area contributed by atoms with Crippen LogP contribution >= 0.6 is 0 Å². The molecule has 0 radical (unpaired) electrons. The molecule has 1 atom stereocenters. The van der Waals surface area contributed by atoms with Crippen LogP contribution in [0, 0.1) is 11.3 Å². The fourth-order valence-corrected chi connectivity index (χ4v) is 2.25. The third kappa shape index (κ3) is 2.52. The van der Waals surface area contributed by atoms with Crippen LogP contribution in [0.25, 0.3) is 0 Å². The molecule has 1 aromatic carbocycles. The predicted molar refractivity (Wildman–Crippen MR) is 69.2 cm³/mol. The predicted octanol–water partition coefficient (Wildman–Crippen LogP) is 1.33. The van der Waals surface area contributed by atoms with Crippen LogP contribution in [-0.2, 0) is 0 Å². The van der Waals surface area contributed by atoms with Crippen molar-refractivity contribution in [2.75, 3.05) is 27.2 Å². The number of hydrogen-bond acceptors (Lipinski definition) is 3. The number of amides is 1. The topological polar surface area (TPSA) is 47.3 Å². The van der Waals surface area contributed by atoms with E-state index in [0.29, 0.717) is 17.2 Å². The van der Waals surface area contributed by atoms with Crippen molar-refractivity contribution in [3.63, 3.8) is 0 Å². The molecular weight excluding hydrogens is 226 g/mol. The van der Waals surface area contributed by atoms with Crippen molar-refractivity contribution in [3.05, 3.63) is 35.4 Å². The summed E-state index contributed by atoms with van der Waals surface area (Å²) in [6.45, 7) is 1.56. The first-order valence-electron chi connectivity index (χ1n) is 6.07. The van der Waals surface area contributed by atoms with Gasteiger partial charge in [-0.05, 0) is 38.7 Å². The molecule has 1 aromatic rings. The maximum absolute atomic E-state index is 12.3. The lowest BCUT2D eigenvalue weighted by Gasteiger charge is -2.20. The van der Waals surface area contributed by atoms with Crippen molar-refractivity contribution >= 4 is 5.91 Å². The fraction of sp³-hybridized carbons (Fsp3) is 0.429. The molecule has 1 unspecified atom stereocenters. The van der Waals surface area contributed by atoms with Gasteiger partial charge in [-0.15, -0.1) is 0 Å². The van der Waals surface area contributed by atoms with Crippen molar-refractivity contribution in [2.45, 2.75) is 12.5 Å².